The molecule has 0 spiro atoms. The number of hydroxylamine groups is 1. The van der Waals surface area contributed by atoms with Crippen LogP contribution in [0.5, 0.6) is 0 Å². The molecule has 11 heteroatoms. The number of halogens is 3. The standard InChI is InChI=1S/C22H23F3N2O5S/c1-11(28)5-12-6-17(24)21(18(25)7-12)15-4-3-13(8-16(15)23)19-9-14(32-27-19)10-20(33(2)31)22(29)26-30/h3-4,6-8,11,14,20,28,30H,5,9-10H2,1-2H3,(H,26,29). The van der Waals surface area contributed by atoms with Crippen LogP contribution in [0, 0.1) is 17.5 Å². The first-order valence-corrected chi connectivity index (χ1v) is 11.7. The number of benzene rings is 2. The van der Waals surface area contributed by atoms with E-state index >= 15 is 0 Å². The Morgan fingerprint density at radius 2 is 1.94 bits per heavy atom. The fourth-order valence-electron chi connectivity index (χ4n) is 3.67. The molecule has 0 fully saturated rings. The highest BCUT2D eigenvalue weighted by molar-refractivity contribution is 7.92. The molecule has 1 aliphatic heterocycles. The normalized spacial score (nSPS) is 18.3. The van der Waals surface area contributed by atoms with Gasteiger partial charge in [0.15, 0.2) is 5.25 Å². The van der Waals surface area contributed by atoms with E-state index in [-0.39, 0.29) is 30.4 Å². The van der Waals surface area contributed by atoms with Gasteiger partial charge < -0.3 is 14.5 Å². The van der Waals surface area contributed by atoms with Crippen LogP contribution >= 0.6 is 0 Å². The van der Waals surface area contributed by atoms with Crippen molar-refractivity contribution in [2.45, 2.75) is 43.6 Å². The molecule has 0 saturated carbocycles. The Labute approximate surface area is 191 Å². The number of aliphatic hydroxyl groups excluding tert-OH is 1. The fourth-order valence-corrected chi connectivity index (χ4v) is 4.51. The van der Waals surface area contributed by atoms with E-state index in [1.54, 1.807) is 0 Å². The largest absolute Gasteiger partial charge is 0.616 e. The van der Waals surface area contributed by atoms with Crippen LogP contribution in [-0.4, -0.2) is 50.2 Å². The summed E-state index contributed by atoms with van der Waals surface area (Å²) in [6, 6.07) is 5.89. The van der Waals surface area contributed by atoms with Crippen molar-refractivity contribution in [3.8, 4) is 11.1 Å². The third-order valence-electron chi connectivity index (χ3n) is 5.22. The molecular weight excluding hydrogens is 461 g/mol. The quantitative estimate of drug-likeness (QED) is 0.303. The number of nitrogens with one attached hydrogen (secondary N) is 1. The van der Waals surface area contributed by atoms with Gasteiger partial charge in [0.25, 0.3) is 5.91 Å². The van der Waals surface area contributed by atoms with E-state index in [1.165, 1.54) is 30.8 Å². The van der Waals surface area contributed by atoms with Crippen LogP contribution < -0.4 is 5.48 Å². The average Bonchev–Trinajstić information content (AvgIpc) is 3.20. The molecule has 0 aromatic heterocycles. The lowest BCUT2D eigenvalue weighted by Crippen LogP contribution is -2.40. The van der Waals surface area contributed by atoms with E-state index in [1.807, 2.05) is 0 Å². The minimum absolute atomic E-state index is 0.0122. The maximum absolute atomic E-state index is 14.8. The van der Waals surface area contributed by atoms with E-state index in [0.29, 0.717) is 11.3 Å². The summed E-state index contributed by atoms with van der Waals surface area (Å²) in [5, 5.41) is 21.1. The zero-order chi connectivity index (χ0) is 24.3. The zero-order valence-electron chi connectivity index (χ0n) is 17.8. The summed E-state index contributed by atoms with van der Waals surface area (Å²) in [6.07, 6.45) is 0.170. The number of nitrogens with zero attached hydrogens (tertiary/aromatic N) is 1. The molecule has 0 aliphatic carbocycles. The second-order valence-electron chi connectivity index (χ2n) is 7.85. The zero-order valence-corrected chi connectivity index (χ0v) is 18.7. The second-order valence-corrected chi connectivity index (χ2v) is 9.42. The molecule has 2 aromatic rings. The van der Waals surface area contributed by atoms with Gasteiger partial charge in [-0.2, -0.15) is 0 Å². The Morgan fingerprint density at radius 1 is 1.27 bits per heavy atom. The van der Waals surface area contributed by atoms with Gasteiger partial charge in [-0.15, -0.1) is 0 Å². The first kappa shape index (κ1) is 25.0. The average molecular weight is 484 g/mol. The number of hydrogen-bond acceptors (Lipinski definition) is 6. The van der Waals surface area contributed by atoms with Crippen molar-refractivity contribution in [3.63, 3.8) is 0 Å². The molecule has 0 saturated heterocycles. The summed E-state index contributed by atoms with van der Waals surface area (Å²) in [7, 11) is 0. The van der Waals surface area contributed by atoms with Gasteiger partial charge in [-0.25, -0.2) is 18.7 Å². The van der Waals surface area contributed by atoms with Gasteiger partial charge in [-0.1, -0.05) is 17.3 Å². The molecule has 178 valence electrons. The molecular formula is C22H23F3N2O5S. The van der Waals surface area contributed by atoms with Crippen molar-refractivity contribution in [2.24, 2.45) is 5.16 Å². The monoisotopic (exact) mass is 484 g/mol. The Bertz CT molecular complexity index is 1040. The lowest BCUT2D eigenvalue weighted by atomic mass is 9.96. The Kier molecular flexibility index (Phi) is 8.01. The Morgan fingerprint density at radius 3 is 2.48 bits per heavy atom. The van der Waals surface area contributed by atoms with Gasteiger partial charge in [-0.3, -0.25) is 10.0 Å². The third kappa shape index (κ3) is 5.85. The van der Waals surface area contributed by atoms with Crippen molar-refractivity contribution < 1.29 is 37.7 Å². The SMILES string of the molecule is CC(O)Cc1cc(F)c(-c2ccc(C3=NOC(CC(C(=O)NO)[S+](C)[O-])C3)cc2F)c(F)c1. The van der Waals surface area contributed by atoms with Crippen molar-refractivity contribution in [1.82, 2.24) is 5.48 Å². The van der Waals surface area contributed by atoms with Crippen molar-refractivity contribution >= 4 is 22.8 Å². The van der Waals surface area contributed by atoms with Crippen LogP contribution in [0.25, 0.3) is 11.1 Å². The number of amides is 1. The summed E-state index contributed by atoms with van der Waals surface area (Å²) in [6.45, 7) is 1.49. The topological polar surface area (TPSA) is 114 Å². The smallest absolute Gasteiger partial charge is 0.296 e. The minimum atomic E-state index is -1.57. The van der Waals surface area contributed by atoms with Crippen LogP contribution in [0.1, 0.15) is 30.9 Å². The van der Waals surface area contributed by atoms with Crippen LogP contribution in [0.4, 0.5) is 13.2 Å². The molecule has 33 heavy (non-hydrogen) atoms. The lowest BCUT2D eigenvalue weighted by molar-refractivity contribution is -0.129. The van der Waals surface area contributed by atoms with Crippen molar-refractivity contribution in [2.75, 3.05) is 6.26 Å². The summed E-state index contributed by atoms with van der Waals surface area (Å²) in [5.41, 5.74) is 1.61. The van der Waals surface area contributed by atoms with E-state index in [9.17, 15) is 27.6 Å². The summed E-state index contributed by atoms with van der Waals surface area (Å²) < 4.78 is 55.7. The molecule has 0 bridgehead atoms. The predicted octanol–water partition coefficient (Wildman–Crippen LogP) is 2.83. The number of aliphatic hydroxyl groups is 1. The Balaban J connectivity index is 1.78. The van der Waals surface area contributed by atoms with Gasteiger partial charge in [-0.05, 0) is 48.3 Å². The second kappa shape index (κ2) is 10.6. The molecule has 4 atom stereocenters. The number of carbonyl (C=O) groups excluding carboxylic acids is 1. The van der Waals surface area contributed by atoms with Crippen LogP contribution in [0.15, 0.2) is 35.5 Å². The molecule has 1 heterocycles. The van der Waals surface area contributed by atoms with Crippen molar-refractivity contribution in [1.29, 1.82) is 0 Å². The highest BCUT2D eigenvalue weighted by atomic mass is 32.2. The molecule has 1 aliphatic rings. The van der Waals surface area contributed by atoms with Gasteiger partial charge in [0.2, 0.25) is 0 Å². The predicted molar refractivity (Wildman–Crippen MR) is 116 cm³/mol. The minimum Gasteiger partial charge on any atom is -0.616 e. The van der Waals surface area contributed by atoms with Crippen LogP contribution in [0.2, 0.25) is 0 Å². The highest BCUT2D eigenvalue weighted by Crippen LogP contribution is 2.31. The summed E-state index contributed by atoms with van der Waals surface area (Å²) in [4.78, 5) is 16.9. The number of carbonyl (C=O) groups is 1. The maximum atomic E-state index is 14.8. The fraction of sp³-hybridized carbons (Fsp3) is 0.364. The molecule has 4 unspecified atom stereocenters. The lowest BCUT2D eigenvalue weighted by Gasteiger charge is -2.18. The van der Waals surface area contributed by atoms with Gasteiger partial charge in [0.1, 0.15) is 23.6 Å². The first-order valence-electron chi connectivity index (χ1n) is 10.1. The molecule has 3 N–H and O–H groups in total. The van der Waals surface area contributed by atoms with E-state index in [4.69, 9.17) is 10.0 Å². The molecule has 1 amide bonds. The van der Waals surface area contributed by atoms with Gasteiger partial charge in [0, 0.05) is 24.0 Å². The summed E-state index contributed by atoms with van der Waals surface area (Å²) >= 11 is -1.57. The number of oxime groups is 1. The summed E-state index contributed by atoms with van der Waals surface area (Å²) in [5.74, 6) is -3.57. The van der Waals surface area contributed by atoms with E-state index < -0.39 is 57.6 Å². The molecule has 2 aromatic carbocycles. The molecule has 0 radical (unpaired) electrons. The van der Waals surface area contributed by atoms with Crippen molar-refractivity contribution in [3.05, 3.63) is 58.9 Å². The third-order valence-corrected chi connectivity index (χ3v) is 6.43. The highest BCUT2D eigenvalue weighted by Gasteiger charge is 2.34. The van der Waals surface area contributed by atoms with E-state index in [2.05, 4.69) is 5.16 Å². The molecule has 3 rings (SSSR count). The first-order chi connectivity index (χ1) is 15.6. The van der Waals surface area contributed by atoms with Crippen LogP contribution in [0.3, 0.4) is 0 Å². The number of hydrogen-bond donors (Lipinski definition) is 3. The van der Waals surface area contributed by atoms with Gasteiger partial charge in [0.05, 0.1) is 23.6 Å². The van der Waals surface area contributed by atoms with Crippen LogP contribution in [-0.2, 0) is 27.2 Å². The van der Waals surface area contributed by atoms with E-state index in [0.717, 1.165) is 18.2 Å². The van der Waals surface area contributed by atoms with Gasteiger partial charge >= 0.3 is 0 Å². The molecule has 7 nitrogen and oxygen atoms in total. The Hall–Kier alpha value is -2.60. The number of rotatable bonds is 8. The maximum Gasteiger partial charge on any atom is 0.296 e.